The van der Waals surface area contributed by atoms with E-state index in [-0.39, 0.29) is 5.91 Å². The van der Waals surface area contributed by atoms with Gasteiger partial charge in [-0.3, -0.25) is 4.79 Å². The first kappa shape index (κ1) is 20.1. The molecule has 0 aliphatic rings. The molecule has 3 aromatic rings. The highest BCUT2D eigenvalue weighted by Gasteiger charge is 2.17. The number of hydrogen-bond acceptors (Lipinski definition) is 4. The van der Waals surface area contributed by atoms with E-state index in [1.54, 1.807) is 24.3 Å². The second-order valence-electron chi connectivity index (χ2n) is 6.08. The topological polar surface area (TPSA) is 65.8 Å². The molecule has 0 fully saturated rings. The summed E-state index contributed by atoms with van der Waals surface area (Å²) in [6, 6.07) is 15.0. The number of rotatable bonds is 4. The number of nitriles is 1. The Labute approximate surface area is 177 Å². The van der Waals surface area contributed by atoms with Gasteiger partial charge in [-0.2, -0.15) is 5.26 Å². The molecule has 4 nitrogen and oxygen atoms in total. The van der Waals surface area contributed by atoms with Crippen LogP contribution in [0.5, 0.6) is 0 Å². The van der Waals surface area contributed by atoms with Gasteiger partial charge in [-0.1, -0.05) is 70.4 Å². The van der Waals surface area contributed by atoms with Crippen molar-refractivity contribution in [3.05, 3.63) is 68.6 Å². The lowest BCUT2D eigenvalue weighted by atomic mass is 10.1. The quantitative estimate of drug-likeness (QED) is 0.486. The molecule has 7 heteroatoms. The lowest BCUT2D eigenvalue weighted by Crippen LogP contribution is -2.05. The molecule has 0 saturated carbocycles. The molecule has 0 aliphatic carbocycles. The molecule has 0 saturated heterocycles. The second-order valence-corrected chi connectivity index (χ2v) is 7.92. The average Bonchev–Trinajstić information content (AvgIpc) is 3.04. The second kappa shape index (κ2) is 8.57. The number of halogens is 2. The van der Waals surface area contributed by atoms with Crippen LogP contribution in [0.1, 0.15) is 23.1 Å². The van der Waals surface area contributed by atoms with Crippen LogP contribution < -0.4 is 5.32 Å². The molecule has 1 heterocycles. The van der Waals surface area contributed by atoms with Crippen molar-refractivity contribution in [2.75, 3.05) is 5.32 Å². The Balaban J connectivity index is 2.09. The minimum Gasteiger partial charge on any atom is -0.316 e. The summed E-state index contributed by atoms with van der Waals surface area (Å²) in [5.41, 5.74) is 3.61. The first-order chi connectivity index (χ1) is 13.4. The Morgan fingerprint density at radius 3 is 2.54 bits per heavy atom. The number of nitrogens with zero attached hydrogens (tertiary/aromatic N) is 2. The summed E-state index contributed by atoms with van der Waals surface area (Å²) in [6.45, 7) is 3.43. The normalized spacial score (nSPS) is 11.2. The summed E-state index contributed by atoms with van der Waals surface area (Å²) in [5.74, 6) is -0.202. The van der Waals surface area contributed by atoms with Gasteiger partial charge in [-0.25, -0.2) is 4.98 Å². The van der Waals surface area contributed by atoms with Gasteiger partial charge in [-0.15, -0.1) is 0 Å². The van der Waals surface area contributed by atoms with Gasteiger partial charge in [0.15, 0.2) is 0 Å². The van der Waals surface area contributed by atoms with Crippen LogP contribution in [0.2, 0.25) is 10.0 Å². The first-order valence-electron chi connectivity index (χ1n) is 8.30. The molecule has 2 aromatic carbocycles. The van der Waals surface area contributed by atoms with E-state index in [2.05, 4.69) is 16.4 Å². The van der Waals surface area contributed by atoms with Crippen LogP contribution in [0.15, 0.2) is 42.5 Å². The summed E-state index contributed by atoms with van der Waals surface area (Å²) < 4.78 is 0. The zero-order valence-electron chi connectivity index (χ0n) is 15.1. The number of benzene rings is 2. The van der Waals surface area contributed by atoms with Crippen molar-refractivity contribution >= 4 is 57.1 Å². The summed E-state index contributed by atoms with van der Waals surface area (Å²) in [4.78, 5) is 16.2. The Morgan fingerprint density at radius 2 is 1.93 bits per heavy atom. The van der Waals surface area contributed by atoms with Crippen molar-refractivity contribution < 1.29 is 4.79 Å². The van der Waals surface area contributed by atoms with E-state index >= 15 is 0 Å². The lowest BCUT2D eigenvalue weighted by Gasteiger charge is -2.03. The van der Waals surface area contributed by atoms with E-state index in [1.165, 1.54) is 18.3 Å². The van der Waals surface area contributed by atoms with Gasteiger partial charge in [-0.05, 0) is 30.7 Å². The maximum absolute atomic E-state index is 11.6. The van der Waals surface area contributed by atoms with Crippen molar-refractivity contribution in [1.29, 1.82) is 5.26 Å². The number of carbonyl (C=O) groups excluding carboxylic acids is 1. The van der Waals surface area contributed by atoms with Crippen LogP contribution in [0.3, 0.4) is 0 Å². The molecule has 140 valence electrons. The molecule has 0 aliphatic heterocycles. The number of hydrogen-bond donors (Lipinski definition) is 1. The van der Waals surface area contributed by atoms with Crippen LogP contribution in [-0.4, -0.2) is 10.9 Å². The average molecular weight is 428 g/mol. The highest BCUT2D eigenvalue weighted by molar-refractivity contribution is 7.17. The van der Waals surface area contributed by atoms with Crippen LogP contribution in [0.4, 0.5) is 5.00 Å². The van der Waals surface area contributed by atoms with Crippen LogP contribution in [0.25, 0.3) is 22.9 Å². The van der Waals surface area contributed by atoms with Gasteiger partial charge >= 0.3 is 0 Å². The van der Waals surface area contributed by atoms with Crippen LogP contribution in [0, 0.1) is 18.3 Å². The van der Waals surface area contributed by atoms with Crippen molar-refractivity contribution in [3.63, 3.8) is 0 Å². The smallest absolute Gasteiger partial charge is 0.221 e. The molecule has 1 N–H and O–H groups in total. The summed E-state index contributed by atoms with van der Waals surface area (Å²) in [6.07, 6.45) is 1.66. The number of anilines is 1. The minimum absolute atomic E-state index is 0.202. The number of allylic oxidation sites excluding steroid dienone is 1. The summed E-state index contributed by atoms with van der Waals surface area (Å²) in [5, 5.41) is 14.5. The highest BCUT2D eigenvalue weighted by Crippen LogP contribution is 2.37. The fourth-order valence-electron chi connectivity index (χ4n) is 2.50. The van der Waals surface area contributed by atoms with E-state index in [1.807, 2.05) is 31.2 Å². The lowest BCUT2D eigenvalue weighted by molar-refractivity contribution is -0.114. The standard InChI is InChI=1S/C21H15Cl2N3OS/c1-12-3-5-14(6-4-12)19-21(25-13(2)27)28-20(26-19)16(11-24)9-15-7-8-17(22)10-18(15)23/h3-10H,1-2H3,(H,25,27)/b16-9+. The molecule has 28 heavy (non-hydrogen) atoms. The van der Waals surface area contributed by atoms with Gasteiger partial charge in [0.2, 0.25) is 5.91 Å². The van der Waals surface area contributed by atoms with Gasteiger partial charge in [0.05, 0.1) is 5.57 Å². The Bertz CT molecular complexity index is 1110. The van der Waals surface area contributed by atoms with Crippen molar-refractivity contribution in [3.8, 4) is 17.3 Å². The molecule has 0 bridgehead atoms. The number of nitrogens with one attached hydrogen (secondary N) is 1. The van der Waals surface area contributed by atoms with Crippen molar-refractivity contribution in [1.82, 2.24) is 4.98 Å². The maximum Gasteiger partial charge on any atom is 0.221 e. The maximum atomic E-state index is 11.6. The molecule has 0 unspecified atom stereocenters. The Morgan fingerprint density at radius 1 is 1.21 bits per heavy atom. The van der Waals surface area contributed by atoms with Gasteiger partial charge in [0, 0.05) is 22.5 Å². The summed E-state index contributed by atoms with van der Waals surface area (Å²) >= 11 is 13.4. The zero-order valence-corrected chi connectivity index (χ0v) is 17.4. The molecule has 3 rings (SSSR count). The SMILES string of the molecule is CC(=O)Nc1sc(/C(C#N)=C/c2ccc(Cl)cc2Cl)nc1-c1ccc(C)cc1. The largest absolute Gasteiger partial charge is 0.316 e. The Hall–Kier alpha value is -2.65. The molecule has 1 aromatic heterocycles. The predicted molar refractivity (Wildman–Crippen MR) is 117 cm³/mol. The van der Waals surface area contributed by atoms with Crippen molar-refractivity contribution in [2.24, 2.45) is 0 Å². The van der Waals surface area contributed by atoms with Crippen LogP contribution in [-0.2, 0) is 4.79 Å². The minimum atomic E-state index is -0.202. The number of amides is 1. The van der Waals surface area contributed by atoms with Gasteiger partial charge < -0.3 is 5.32 Å². The fraction of sp³-hybridized carbons (Fsp3) is 0.0952. The number of thiazole rings is 1. The van der Waals surface area contributed by atoms with E-state index < -0.39 is 0 Å². The number of aryl methyl sites for hydroxylation is 1. The monoisotopic (exact) mass is 427 g/mol. The third-order valence-corrected chi connectivity index (χ3v) is 5.42. The first-order valence-corrected chi connectivity index (χ1v) is 9.87. The van der Waals surface area contributed by atoms with E-state index in [9.17, 15) is 10.1 Å². The molecule has 1 amide bonds. The van der Waals surface area contributed by atoms with Gasteiger partial charge in [0.1, 0.15) is 21.8 Å². The number of carbonyl (C=O) groups is 1. The van der Waals surface area contributed by atoms with E-state index in [4.69, 9.17) is 23.2 Å². The summed E-state index contributed by atoms with van der Waals surface area (Å²) in [7, 11) is 0. The van der Waals surface area contributed by atoms with E-state index in [0.717, 1.165) is 11.1 Å². The number of aromatic nitrogens is 1. The zero-order chi connectivity index (χ0) is 20.3. The highest BCUT2D eigenvalue weighted by atomic mass is 35.5. The van der Waals surface area contributed by atoms with Gasteiger partial charge in [0.25, 0.3) is 0 Å². The third kappa shape index (κ3) is 4.60. The fourth-order valence-corrected chi connectivity index (χ4v) is 3.97. The van der Waals surface area contributed by atoms with E-state index in [0.29, 0.717) is 36.9 Å². The molecular formula is C21H15Cl2N3OS. The molecular weight excluding hydrogens is 413 g/mol. The molecule has 0 radical (unpaired) electrons. The predicted octanol–water partition coefficient (Wildman–Crippen LogP) is 6.45. The molecule has 0 atom stereocenters. The van der Waals surface area contributed by atoms with Crippen LogP contribution >= 0.6 is 34.5 Å². The van der Waals surface area contributed by atoms with Crippen molar-refractivity contribution in [2.45, 2.75) is 13.8 Å². The third-order valence-electron chi connectivity index (χ3n) is 3.85. The Kier molecular flexibility index (Phi) is 6.15. The molecule has 0 spiro atoms.